The second-order valence-electron chi connectivity index (χ2n) is 7.86. The van der Waals surface area contributed by atoms with Crippen LogP contribution >= 0.6 is 0 Å². The predicted molar refractivity (Wildman–Crippen MR) is 114 cm³/mol. The van der Waals surface area contributed by atoms with Crippen LogP contribution in [0.1, 0.15) is 39.9 Å². The van der Waals surface area contributed by atoms with Crippen LogP contribution in [-0.4, -0.2) is 35.0 Å². The van der Waals surface area contributed by atoms with Gasteiger partial charge in [-0.25, -0.2) is 0 Å². The van der Waals surface area contributed by atoms with E-state index in [0.717, 1.165) is 41.5 Å². The molecular weight excluding hydrogens is 364 g/mol. The van der Waals surface area contributed by atoms with Gasteiger partial charge in [-0.3, -0.25) is 9.59 Å². The molecule has 1 atom stereocenters. The van der Waals surface area contributed by atoms with E-state index in [4.69, 9.17) is 4.74 Å². The highest BCUT2D eigenvalue weighted by atomic mass is 16.5. The molecule has 3 aromatic rings. The van der Waals surface area contributed by atoms with Gasteiger partial charge in [-0.15, -0.1) is 0 Å². The van der Waals surface area contributed by atoms with Crippen molar-refractivity contribution in [3.63, 3.8) is 0 Å². The minimum absolute atomic E-state index is 0.0201. The van der Waals surface area contributed by atoms with Gasteiger partial charge in [0.25, 0.3) is 11.5 Å². The molecule has 1 amide bonds. The Hall–Kier alpha value is -2.92. The molecule has 2 heterocycles. The molecule has 0 unspecified atom stereocenters. The number of amides is 1. The fourth-order valence-electron chi connectivity index (χ4n) is 4.07. The van der Waals surface area contributed by atoms with E-state index in [9.17, 15) is 9.59 Å². The van der Waals surface area contributed by atoms with Crippen molar-refractivity contribution in [3.05, 3.63) is 81.1 Å². The SMILES string of the molecule is Cc1cc(C)c2[nH]c(=O)c(CN(C[C@@H]3CCCO3)C(=O)c3ccccc3)cc2c1. The van der Waals surface area contributed by atoms with Gasteiger partial charge in [0, 0.05) is 24.3 Å². The molecule has 2 aromatic carbocycles. The van der Waals surface area contributed by atoms with Gasteiger partial charge >= 0.3 is 0 Å². The molecular formula is C24H26N2O3. The van der Waals surface area contributed by atoms with Crippen molar-refractivity contribution in [2.24, 2.45) is 0 Å². The molecule has 5 nitrogen and oxygen atoms in total. The van der Waals surface area contributed by atoms with E-state index in [-0.39, 0.29) is 24.1 Å². The first-order chi connectivity index (χ1) is 14.0. The number of fused-ring (bicyclic) bond motifs is 1. The maximum atomic E-state index is 13.2. The Morgan fingerprint density at radius 1 is 1.17 bits per heavy atom. The Bertz CT molecular complexity index is 1080. The van der Waals surface area contributed by atoms with Crippen molar-refractivity contribution in [1.29, 1.82) is 0 Å². The van der Waals surface area contributed by atoms with Crippen molar-refractivity contribution < 1.29 is 9.53 Å². The van der Waals surface area contributed by atoms with Gasteiger partial charge in [0.2, 0.25) is 0 Å². The average molecular weight is 390 g/mol. The van der Waals surface area contributed by atoms with Crippen molar-refractivity contribution in [1.82, 2.24) is 9.88 Å². The van der Waals surface area contributed by atoms with E-state index in [1.165, 1.54) is 0 Å². The number of carbonyl (C=O) groups excluding carboxylic acids is 1. The smallest absolute Gasteiger partial charge is 0.254 e. The van der Waals surface area contributed by atoms with Gasteiger partial charge in [0.1, 0.15) is 0 Å². The number of ether oxygens (including phenoxy) is 1. The lowest BCUT2D eigenvalue weighted by Crippen LogP contribution is -2.38. The van der Waals surface area contributed by atoms with Crippen LogP contribution in [0.4, 0.5) is 0 Å². The first-order valence-electron chi connectivity index (χ1n) is 10.1. The predicted octanol–water partition coefficient (Wildman–Crippen LogP) is 3.97. The molecule has 0 saturated carbocycles. The summed E-state index contributed by atoms with van der Waals surface area (Å²) >= 11 is 0. The van der Waals surface area contributed by atoms with Crippen molar-refractivity contribution >= 4 is 16.8 Å². The summed E-state index contributed by atoms with van der Waals surface area (Å²) < 4.78 is 5.76. The van der Waals surface area contributed by atoms with Crippen LogP contribution in [0.15, 0.2) is 53.3 Å². The molecule has 1 aliphatic rings. The highest BCUT2D eigenvalue weighted by molar-refractivity contribution is 5.94. The summed E-state index contributed by atoms with van der Waals surface area (Å²) in [5.41, 5.74) is 4.09. The Morgan fingerprint density at radius 3 is 2.69 bits per heavy atom. The van der Waals surface area contributed by atoms with Crippen LogP contribution in [0.25, 0.3) is 10.9 Å². The molecule has 0 radical (unpaired) electrons. The number of hydrogen-bond acceptors (Lipinski definition) is 3. The second-order valence-corrected chi connectivity index (χ2v) is 7.86. The molecule has 5 heteroatoms. The summed E-state index contributed by atoms with van der Waals surface area (Å²) in [6, 6.07) is 15.2. The van der Waals surface area contributed by atoms with Gasteiger partial charge in [-0.05, 0) is 61.9 Å². The molecule has 0 aliphatic carbocycles. The summed E-state index contributed by atoms with van der Waals surface area (Å²) in [6.07, 6.45) is 1.96. The van der Waals surface area contributed by atoms with Crippen LogP contribution in [0, 0.1) is 13.8 Å². The van der Waals surface area contributed by atoms with Gasteiger partial charge < -0.3 is 14.6 Å². The number of carbonyl (C=O) groups is 1. The quantitative estimate of drug-likeness (QED) is 0.717. The zero-order valence-corrected chi connectivity index (χ0v) is 16.9. The molecule has 0 spiro atoms. The largest absolute Gasteiger partial charge is 0.376 e. The van der Waals surface area contributed by atoms with Crippen LogP contribution in [0.3, 0.4) is 0 Å². The number of H-pyrrole nitrogens is 1. The van der Waals surface area contributed by atoms with Gasteiger partial charge in [0.05, 0.1) is 18.2 Å². The molecule has 1 fully saturated rings. The van der Waals surface area contributed by atoms with Gasteiger partial charge in [-0.2, -0.15) is 0 Å². The number of nitrogens with one attached hydrogen (secondary N) is 1. The maximum Gasteiger partial charge on any atom is 0.254 e. The van der Waals surface area contributed by atoms with Crippen molar-refractivity contribution in [2.45, 2.75) is 39.3 Å². The third kappa shape index (κ3) is 4.25. The van der Waals surface area contributed by atoms with E-state index in [2.05, 4.69) is 17.1 Å². The fourth-order valence-corrected chi connectivity index (χ4v) is 4.07. The Balaban J connectivity index is 1.68. The lowest BCUT2D eigenvalue weighted by atomic mass is 10.0. The summed E-state index contributed by atoms with van der Waals surface area (Å²) in [6.45, 7) is 5.50. The third-order valence-electron chi connectivity index (χ3n) is 5.49. The topological polar surface area (TPSA) is 62.4 Å². The number of nitrogens with zero attached hydrogens (tertiary/aromatic N) is 1. The summed E-state index contributed by atoms with van der Waals surface area (Å²) in [4.78, 5) is 30.7. The number of rotatable bonds is 5. The zero-order valence-electron chi connectivity index (χ0n) is 16.9. The number of aromatic amines is 1. The maximum absolute atomic E-state index is 13.2. The monoisotopic (exact) mass is 390 g/mol. The first kappa shape index (κ1) is 19.4. The lowest BCUT2D eigenvalue weighted by Gasteiger charge is -2.25. The number of hydrogen-bond donors (Lipinski definition) is 1. The second kappa shape index (κ2) is 8.21. The van der Waals surface area contributed by atoms with E-state index in [1.807, 2.05) is 50.2 Å². The Morgan fingerprint density at radius 2 is 1.97 bits per heavy atom. The molecule has 0 bridgehead atoms. The molecule has 1 saturated heterocycles. The Labute approximate surface area is 170 Å². The highest BCUT2D eigenvalue weighted by Gasteiger charge is 2.24. The minimum atomic E-state index is -0.150. The lowest BCUT2D eigenvalue weighted by molar-refractivity contribution is 0.0506. The van der Waals surface area contributed by atoms with Crippen LogP contribution in [0.5, 0.6) is 0 Å². The zero-order chi connectivity index (χ0) is 20.4. The molecule has 29 heavy (non-hydrogen) atoms. The standard InChI is InChI=1S/C24H26N2O3/c1-16-11-17(2)22-19(12-16)13-20(23(27)25-22)14-26(15-21-9-6-10-29-21)24(28)18-7-4-3-5-8-18/h3-5,7-8,11-13,21H,6,9-10,14-15H2,1-2H3,(H,25,27)/t21-/m0/s1. The fraction of sp³-hybridized carbons (Fsp3) is 0.333. The highest BCUT2D eigenvalue weighted by Crippen LogP contribution is 2.20. The van der Waals surface area contributed by atoms with Gasteiger partial charge in [-0.1, -0.05) is 29.8 Å². The minimum Gasteiger partial charge on any atom is -0.376 e. The molecule has 1 aromatic heterocycles. The van der Waals surface area contributed by atoms with E-state index in [0.29, 0.717) is 17.7 Å². The van der Waals surface area contributed by atoms with E-state index >= 15 is 0 Å². The number of aryl methyl sites for hydroxylation is 2. The summed E-state index contributed by atoms with van der Waals surface area (Å²) in [7, 11) is 0. The number of pyridine rings is 1. The van der Waals surface area contributed by atoms with E-state index in [1.54, 1.807) is 4.90 Å². The molecule has 150 valence electrons. The van der Waals surface area contributed by atoms with Crippen molar-refractivity contribution in [2.75, 3.05) is 13.2 Å². The Kier molecular flexibility index (Phi) is 5.49. The van der Waals surface area contributed by atoms with E-state index < -0.39 is 0 Å². The summed E-state index contributed by atoms with van der Waals surface area (Å²) in [5, 5.41) is 0.987. The van der Waals surface area contributed by atoms with Crippen molar-refractivity contribution in [3.8, 4) is 0 Å². The third-order valence-corrected chi connectivity index (χ3v) is 5.49. The average Bonchev–Trinajstić information content (AvgIpc) is 3.22. The molecule has 1 aliphatic heterocycles. The normalized spacial score (nSPS) is 16.3. The van der Waals surface area contributed by atoms with Crippen LogP contribution in [-0.2, 0) is 11.3 Å². The summed E-state index contributed by atoms with van der Waals surface area (Å²) in [5.74, 6) is -0.0824. The van der Waals surface area contributed by atoms with Gasteiger partial charge in [0.15, 0.2) is 0 Å². The molecule has 1 N–H and O–H groups in total. The van der Waals surface area contributed by atoms with Crippen LogP contribution < -0.4 is 5.56 Å². The number of benzene rings is 2. The molecule has 4 rings (SSSR count). The number of aromatic nitrogens is 1. The first-order valence-corrected chi connectivity index (χ1v) is 10.1. The van der Waals surface area contributed by atoms with Crippen LogP contribution in [0.2, 0.25) is 0 Å².